The number of nitrogens with zero attached hydrogens (tertiary/aromatic N) is 2. The Morgan fingerprint density at radius 2 is 1.93 bits per heavy atom. The van der Waals surface area contributed by atoms with E-state index in [9.17, 15) is 9.59 Å². The topological polar surface area (TPSA) is 61.9 Å². The molecule has 0 saturated carbocycles. The van der Waals surface area contributed by atoms with Crippen LogP contribution in [0.2, 0.25) is 5.02 Å². The van der Waals surface area contributed by atoms with Gasteiger partial charge in [-0.1, -0.05) is 17.7 Å². The highest BCUT2D eigenvalue weighted by Gasteiger charge is 2.37. The molecule has 1 aromatic rings. The van der Waals surface area contributed by atoms with Crippen molar-refractivity contribution in [1.82, 2.24) is 10.2 Å². The van der Waals surface area contributed by atoms with E-state index in [-0.39, 0.29) is 41.9 Å². The number of morpholine rings is 1. The number of carbonyl (C=O) groups excluding carboxylic acids is 2. The summed E-state index contributed by atoms with van der Waals surface area (Å²) in [5.41, 5.74) is 0.557. The summed E-state index contributed by atoms with van der Waals surface area (Å²) >= 11 is 6.03. The van der Waals surface area contributed by atoms with E-state index < -0.39 is 0 Å². The number of amides is 2. The minimum absolute atomic E-state index is 0.0440. The van der Waals surface area contributed by atoms with E-state index in [0.717, 1.165) is 18.8 Å². The van der Waals surface area contributed by atoms with E-state index in [4.69, 9.17) is 16.3 Å². The van der Waals surface area contributed by atoms with Gasteiger partial charge in [0, 0.05) is 48.8 Å². The van der Waals surface area contributed by atoms with Crippen LogP contribution in [0.3, 0.4) is 0 Å². The molecular weight excluding hydrogens is 378 g/mol. The quantitative estimate of drug-likeness (QED) is 0.815. The molecule has 0 aliphatic carbocycles. The molecule has 2 fully saturated rings. The summed E-state index contributed by atoms with van der Waals surface area (Å²) in [6.07, 6.45) is 0.583. The van der Waals surface area contributed by atoms with E-state index >= 15 is 0 Å². The number of ether oxygens (including phenoxy) is 1. The molecule has 0 aromatic heterocycles. The number of nitrogens with one attached hydrogen (secondary N) is 1. The van der Waals surface area contributed by atoms with Crippen molar-refractivity contribution in [2.75, 3.05) is 31.1 Å². The van der Waals surface area contributed by atoms with Crippen LogP contribution in [0.4, 0.5) is 5.69 Å². The van der Waals surface area contributed by atoms with Crippen LogP contribution >= 0.6 is 11.6 Å². The molecule has 2 saturated heterocycles. The first-order valence-corrected chi connectivity index (χ1v) is 10.3. The number of halogens is 1. The third-order valence-corrected chi connectivity index (χ3v) is 5.82. The van der Waals surface area contributed by atoms with E-state index in [2.05, 4.69) is 37.9 Å². The Hall–Kier alpha value is -1.63. The van der Waals surface area contributed by atoms with Crippen LogP contribution in [0.1, 0.15) is 34.1 Å². The third kappa shape index (κ3) is 4.85. The van der Waals surface area contributed by atoms with Gasteiger partial charge in [-0.2, -0.15) is 0 Å². The van der Waals surface area contributed by atoms with Crippen molar-refractivity contribution < 1.29 is 14.3 Å². The second-order valence-electron chi connectivity index (χ2n) is 8.58. The second-order valence-corrected chi connectivity index (χ2v) is 9.01. The molecule has 1 aromatic carbocycles. The van der Waals surface area contributed by atoms with Gasteiger partial charge in [-0.3, -0.25) is 14.5 Å². The zero-order valence-electron chi connectivity index (χ0n) is 17.1. The molecule has 0 radical (unpaired) electrons. The molecule has 2 heterocycles. The van der Waals surface area contributed by atoms with Gasteiger partial charge in [0.25, 0.3) is 0 Å². The molecule has 2 aliphatic heterocycles. The lowest BCUT2D eigenvalue weighted by Gasteiger charge is -2.45. The van der Waals surface area contributed by atoms with Crippen molar-refractivity contribution in [1.29, 1.82) is 0 Å². The Labute approximate surface area is 172 Å². The summed E-state index contributed by atoms with van der Waals surface area (Å²) in [6, 6.07) is 7.17. The number of benzene rings is 1. The average Bonchev–Trinajstić information content (AvgIpc) is 3.01. The predicted octanol–water partition coefficient (Wildman–Crippen LogP) is 2.70. The van der Waals surface area contributed by atoms with Crippen molar-refractivity contribution in [2.45, 2.75) is 51.9 Å². The Bertz CT molecular complexity index is 729. The molecule has 2 aliphatic rings. The van der Waals surface area contributed by atoms with Crippen molar-refractivity contribution in [3.05, 3.63) is 29.3 Å². The van der Waals surface area contributed by atoms with Crippen molar-refractivity contribution in [3.8, 4) is 0 Å². The average molecular weight is 408 g/mol. The molecule has 3 atom stereocenters. The number of hydrogen-bond acceptors (Lipinski definition) is 4. The van der Waals surface area contributed by atoms with Gasteiger partial charge in [0.05, 0.1) is 18.1 Å². The highest BCUT2D eigenvalue weighted by Crippen LogP contribution is 2.27. The predicted molar refractivity (Wildman–Crippen MR) is 111 cm³/mol. The minimum Gasteiger partial charge on any atom is -0.373 e. The SMILES string of the molecule is C[C@@H]1CN(C(C)(C)CNC(=O)[C@@H]2CC(=O)N(c3cccc(Cl)c3)C2)C[C@@H](C)O1. The van der Waals surface area contributed by atoms with Crippen LogP contribution in [-0.2, 0) is 14.3 Å². The standard InChI is InChI=1S/C21H30ClN3O3/c1-14-10-24(11-15(2)28-14)21(3,4)13-23-20(27)16-8-19(26)25(12-16)18-7-5-6-17(22)9-18/h5-7,9,14-16H,8,10-13H2,1-4H3,(H,23,27)/t14-,15-,16-/m1/s1. The third-order valence-electron chi connectivity index (χ3n) is 5.59. The molecule has 28 heavy (non-hydrogen) atoms. The highest BCUT2D eigenvalue weighted by atomic mass is 35.5. The summed E-state index contributed by atoms with van der Waals surface area (Å²) in [5.74, 6) is -0.456. The highest BCUT2D eigenvalue weighted by molar-refractivity contribution is 6.31. The van der Waals surface area contributed by atoms with Gasteiger partial charge in [-0.15, -0.1) is 0 Å². The first-order chi connectivity index (χ1) is 13.2. The molecule has 1 N–H and O–H groups in total. The first-order valence-electron chi connectivity index (χ1n) is 9.90. The molecular formula is C21H30ClN3O3. The monoisotopic (exact) mass is 407 g/mol. The van der Waals surface area contributed by atoms with Crippen LogP contribution in [0.25, 0.3) is 0 Å². The lowest BCUT2D eigenvalue weighted by Crippen LogP contribution is -2.59. The van der Waals surface area contributed by atoms with E-state index in [1.54, 1.807) is 17.0 Å². The number of hydrogen-bond donors (Lipinski definition) is 1. The Morgan fingerprint density at radius 3 is 2.57 bits per heavy atom. The molecule has 0 unspecified atom stereocenters. The minimum atomic E-state index is -0.343. The molecule has 6 nitrogen and oxygen atoms in total. The van der Waals surface area contributed by atoms with Crippen molar-refractivity contribution in [3.63, 3.8) is 0 Å². The molecule has 0 bridgehead atoms. The number of rotatable bonds is 5. The maximum Gasteiger partial charge on any atom is 0.227 e. The second kappa shape index (κ2) is 8.39. The van der Waals surface area contributed by atoms with Gasteiger partial charge in [-0.05, 0) is 45.9 Å². The Morgan fingerprint density at radius 1 is 1.25 bits per heavy atom. The lowest BCUT2D eigenvalue weighted by molar-refractivity contribution is -0.127. The maximum atomic E-state index is 12.7. The largest absolute Gasteiger partial charge is 0.373 e. The van der Waals surface area contributed by atoms with Crippen molar-refractivity contribution in [2.24, 2.45) is 5.92 Å². The Balaban J connectivity index is 1.57. The molecule has 2 amide bonds. The van der Waals surface area contributed by atoms with Crippen LogP contribution in [-0.4, -0.2) is 60.6 Å². The maximum absolute atomic E-state index is 12.7. The fourth-order valence-electron chi connectivity index (χ4n) is 4.01. The molecule has 0 spiro atoms. The Kier molecular flexibility index (Phi) is 6.32. The van der Waals surface area contributed by atoms with Crippen LogP contribution < -0.4 is 10.2 Å². The summed E-state index contributed by atoms with van der Waals surface area (Å²) in [4.78, 5) is 29.1. The summed E-state index contributed by atoms with van der Waals surface area (Å²) < 4.78 is 5.81. The normalized spacial score (nSPS) is 26.5. The number of anilines is 1. The molecule has 7 heteroatoms. The van der Waals surface area contributed by atoms with Gasteiger partial charge in [0.1, 0.15) is 0 Å². The zero-order valence-corrected chi connectivity index (χ0v) is 17.8. The van der Waals surface area contributed by atoms with Crippen LogP contribution in [0, 0.1) is 5.92 Å². The number of carbonyl (C=O) groups is 2. The molecule has 154 valence electrons. The van der Waals surface area contributed by atoms with Crippen LogP contribution in [0.15, 0.2) is 24.3 Å². The van der Waals surface area contributed by atoms with E-state index in [1.165, 1.54) is 0 Å². The van der Waals surface area contributed by atoms with Gasteiger partial charge in [0.15, 0.2) is 0 Å². The van der Waals surface area contributed by atoms with Gasteiger partial charge < -0.3 is 15.0 Å². The van der Waals surface area contributed by atoms with Gasteiger partial charge in [-0.25, -0.2) is 0 Å². The van der Waals surface area contributed by atoms with Crippen LogP contribution in [0.5, 0.6) is 0 Å². The summed E-state index contributed by atoms with van der Waals surface area (Å²) in [5, 5.41) is 3.65. The lowest BCUT2D eigenvalue weighted by atomic mass is 9.99. The first kappa shape index (κ1) is 21.1. The fourth-order valence-corrected chi connectivity index (χ4v) is 4.19. The van der Waals surface area contributed by atoms with E-state index in [1.807, 2.05) is 12.1 Å². The van der Waals surface area contributed by atoms with Gasteiger partial charge >= 0.3 is 0 Å². The zero-order chi connectivity index (χ0) is 20.5. The van der Waals surface area contributed by atoms with Gasteiger partial charge in [0.2, 0.25) is 11.8 Å². The molecule has 3 rings (SSSR count). The summed E-state index contributed by atoms with van der Waals surface area (Å²) in [7, 11) is 0. The summed E-state index contributed by atoms with van der Waals surface area (Å²) in [6.45, 7) is 11.0. The smallest absolute Gasteiger partial charge is 0.227 e. The van der Waals surface area contributed by atoms with Crippen molar-refractivity contribution >= 4 is 29.1 Å². The van der Waals surface area contributed by atoms with E-state index in [0.29, 0.717) is 18.1 Å². The fraction of sp³-hybridized carbons (Fsp3) is 0.619.